The maximum Gasteiger partial charge on any atom is 0.311 e. The van der Waals surface area contributed by atoms with Gasteiger partial charge in [-0.05, 0) is 50.2 Å². The number of benzene rings is 1. The number of hydrogen-bond donors (Lipinski definition) is 2. The molecule has 2 aliphatic rings. The zero-order chi connectivity index (χ0) is 18.0. The van der Waals surface area contributed by atoms with E-state index in [0.717, 1.165) is 32.2 Å². The van der Waals surface area contributed by atoms with Crippen molar-refractivity contribution in [2.45, 2.75) is 45.6 Å². The molecule has 1 unspecified atom stereocenters. The average Bonchev–Trinajstić information content (AvgIpc) is 3.14. The van der Waals surface area contributed by atoms with E-state index in [-0.39, 0.29) is 30.3 Å². The van der Waals surface area contributed by atoms with Gasteiger partial charge in [-0.1, -0.05) is 30.7 Å². The first-order valence-electron chi connectivity index (χ1n) is 9.24. The van der Waals surface area contributed by atoms with Crippen LogP contribution < -0.4 is 5.32 Å². The van der Waals surface area contributed by atoms with Gasteiger partial charge >= 0.3 is 5.97 Å². The van der Waals surface area contributed by atoms with Crippen LogP contribution in [0.2, 0.25) is 0 Å². The van der Waals surface area contributed by atoms with Gasteiger partial charge in [-0.2, -0.15) is 0 Å². The van der Waals surface area contributed by atoms with E-state index in [0.29, 0.717) is 13.1 Å². The normalized spacial score (nSPS) is 26.0. The molecule has 1 aliphatic heterocycles. The molecular weight excluding hydrogens is 352 g/mol. The topological polar surface area (TPSA) is 69.6 Å². The number of carbonyl (C=O) groups excluding carboxylic acids is 1. The summed E-state index contributed by atoms with van der Waals surface area (Å²) in [5.41, 5.74) is 1.85. The summed E-state index contributed by atoms with van der Waals surface area (Å²) < 4.78 is 0. The minimum absolute atomic E-state index is 0. The van der Waals surface area contributed by atoms with Crippen LogP contribution in [-0.4, -0.2) is 47.6 Å². The van der Waals surface area contributed by atoms with E-state index in [2.05, 4.69) is 29.3 Å². The first-order valence-corrected chi connectivity index (χ1v) is 9.24. The standard InChI is InChI=1S/C20H28N2O3.ClH/c1-14-6-3-4-7-16(14)9-11-21-18(23)15(2)22-12-17-8-5-10-20(17,13-22)19(24)25;/h3-4,6-7,15,17H,5,8-13H2,1-2H3,(H,21,23)(H,24,25);1H/t15?,17-,20+;/m0./s1. The Hall–Kier alpha value is -1.59. The number of aliphatic carboxylic acids is 1. The number of carbonyl (C=O) groups is 2. The number of likely N-dealkylation sites (tertiary alicyclic amines) is 1. The van der Waals surface area contributed by atoms with E-state index in [4.69, 9.17) is 0 Å². The summed E-state index contributed by atoms with van der Waals surface area (Å²) in [6.45, 7) is 5.79. The molecule has 3 atom stereocenters. The fourth-order valence-electron chi connectivity index (χ4n) is 4.50. The van der Waals surface area contributed by atoms with E-state index in [9.17, 15) is 14.7 Å². The Balaban J connectivity index is 0.00000243. The molecule has 1 aromatic rings. The molecule has 6 heteroatoms. The zero-order valence-electron chi connectivity index (χ0n) is 15.5. The largest absolute Gasteiger partial charge is 0.481 e. The van der Waals surface area contributed by atoms with Crippen molar-refractivity contribution in [3.8, 4) is 0 Å². The number of nitrogens with zero attached hydrogens (tertiary/aromatic N) is 1. The van der Waals surface area contributed by atoms with E-state index in [1.165, 1.54) is 11.1 Å². The van der Waals surface area contributed by atoms with Crippen LogP contribution in [0, 0.1) is 18.3 Å². The van der Waals surface area contributed by atoms with Crippen molar-refractivity contribution in [3.63, 3.8) is 0 Å². The predicted molar refractivity (Wildman–Crippen MR) is 104 cm³/mol. The van der Waals surface area contributed by atoms with Crippen LogP contribution in [0.25, 0.3) is 0 Å². The van der Waals surface area contributed by atoms with Crippen LogP contribution in [0.3, 0.4) is 0 Å². The van der Waals surface area contributed by atoms with E-state index < -0.39 is 11.4 Å². The van der Waals surface area contributed by atoms with Crippen LogP contribution in [0.1, 0.15) is 37.3 Å². The molecule has 5 nitrogen and oxygen atoms in total. The summed E-state index contributed by atoms with van der Waals surface area (Å²) >= 11 is 0. The summed E-state index contributed by atoms with van der Waals surface area (Å²) in [4.78, 5) is 26.3. The molecule has 1 heterocycles. The number of aryl methyl sites for hydroxylation is 1. The van der Waals surface area contributed by atoms with E-state index >= 15 is 0 Å². The SMILES string of the molecule is Cc1ccccc1CCNC(=O)C(C)N1C[C@@H]2CCC[C@@]2(C(=O)O)C1.Cl. The predicted octanol–water partition coefficient (Wildman–Crippen LogP) is 2.65. The fraction of sp³-hybridized carbons (Fsp3) is 0.600. The lowest BCUT2D eigenvalue weighted by atomic mass is 9.81. The highest BCUT2D eigenvalue weighted by atomic mass is 35.5. The smallest absolute Gasteiger partial charge is 0.311 e. The Morgan fingerprint density at radius 1 is 1.38 bits per heavy atom. The van der Waals surface area contributed by atoms with Crippen LogP contribution in [0.5, 0.6) is 0 Å². The van der Waals surface area contributed by atoms with Crippen LogP contribution in [0.4, 0.5) is 0 Å². The van der Waals surface area contributed by atoms with Crippen molar-refractivity contribution in [2.75, 3.05) is 19.6 Å². The first-order chi connectivity index (χ1) is 11.9. The Labute approximate surface area is 161 Å². The molecule has 3 rings (SSSR count). The van der Waals surface area contributed by atoms with Gasteiger partial charge in [-0.25, -0.2) is 0 Å². The number of halogens is 1. The maximum absolute atomic E-state index is 12.5. The van der Waals surface area contributed by atoms with Crippen molar-refractivity contribution >= 4 is 24.3 Å². The van der Waals surface area contributed by atoms with Crippen LogP contribution in [-0.2, 0) is 16.0 Å². The van der Waals surface area contributed by atoms with Gasteiger partial charge in [0.2, 0.25) is 5.91 Å². The second-order valence-corrected chi connectivity index (χ2v) is 7.62. The Morgan fingerprint density at radius 2 is 2.12 bits per heavy atom. The highest BCUT2D eigenvalue weighted by Gasteiger charge is 2.55. The molecule has 1 aromatic carbocycles. The molecule has 144 valence electrons. The van der Waals surface area contributed by atoms with Crippen LogP contribution >= 0.6 is 12.4 Å². The molecule has 1 aliphatic carbocycles. The van der Waals surface area contributed by atoms with E-state index in [1.54, 1.807) is 0 Å². The number of hydrogen-bond acceptors (Lipinski definition) is 3. The van der Waals surface area contributed by atoms with Crippen molar-refractivity contribution in [1.82, 2.24) is 10.2 Å². The molecular formula is C20H29ClN2O3. The first kappa shape index (κ1) is 20.7. The number of fused-ring (bicyclic) bond motifs is 1. The average molecular weight is 381 g/mol. The lowest BCUT2D eigenvalue weighted by Crippen LogP contribution is -2.46. The molecule has 2 N–H and O–H groups in total. The summed E-state index contributed by atoms with van der Waals surface area (Å²) in [6.07, 6.45) is 3.50. The zero-order valence-corrected chi connectivity index (χ0v) is 16.3. The molecule has 0 radical (unpaired) electrons. The van der Waals surface area contributed by atoms with Crippen molar-refractivity contribution in [3.05, 3.63) is 35.4 Å². The van der Waals surface area contributed by atoms with Crippen molar-refractivity contribution < 1.29 is 14.7 Å². The quantitative estimate of drug-likeness (QED) is 0.796. The number of rotatable bonds is 6. The second-order valence-electron chi connectivity index (χ2n) is 7.62. The lowest BCUT2D eigenvalue weighted by Gasteiger charge is -2.26. The minimum atomic E-state index is -0.690. The third-order valence-electron chi connectivity index (χ3n) is 6.21. The summed E-state index contributed by atoms with van der Waals surface area (Å²) in [7, 11) is 0. The molecule has 1 saturated carbocycles. The van der Waals surface area contributed by atoms with Gasteiger partial charge < -0.3 is 10.4 Å². The van der Waals surface area contributed by atoms with Crippen molar-refractivity contribution in [1.29, 1.82) is 0 Å². The van der Waals surface area contributed by atoms with Gasteiger partial charge in [-0.3, -0.25) is 14.5 Å². The highest BCUT2D eigenvalue weighted by Crippen LogP contribution is 2.49. The number of amides is 1. The monoisotopic (exact) mass is 380 g/mol. The fourth-order valence-corrected chi connectivity index (χ4v) is 4.50. The molecule has 0 bridgehead atoms. The third-order valence-corrected chi connectivity index (χ3v) is 6.21. The molecule has 2 fully saturated rings. The number of nitrogens with one attached hydrogen (secondary N) is 1. The Bertz CT molecular complexity index is 666. The molecule has 0 spiro atoms. The molecule has 1 amide bonds. The van der Waals surface area contributed by atoms with E-state index in [1.807, 2.05) is 19.1 Å². The summed E-state index contributed by atoms with van der Waals surface area (Å²) in [5, 5.41) is 12.7. The molecule has 0 aromatic heterocycles. The van der Waals surface area contributed by atoms with Gasteiger partial charge in [0.1, 0.15) is 0 Å². The number of carboxylic acid groups (broad SMARTS) is 1. The Kier molecular flexibility index (Phi) is 6.69. The van der Waals surface area contributed by atoms with Gasteiger partial charge in [0.05, 0.1) is 11.5 Å². The summed E-state index contributed by atoms with van der Waals surface area (Å²) in [5.74, 6) is -0.508. The summed E-state index contributed by atoms with van der Waals surface area (Å²) in [6, 6.07) is 7.92. The number of carboxylic acids is 1. The van der Waals surface area contributed by atoms with Gasteiger partial charge in [0, 0.05) is 19.6 Å². The Morgan fingerprint density at radius 3 is 2.77 bits per heavy atom. The molecule has 1 saturated heterocycles. The van der Waals surface area contributed by atoms with Crippen LogP contribution in [0.15, 0.2) is 24.3 Å². The lowest BCUT2D eigenvalue weighted by molar-refractivity contribution is -0.149. The third kappa shape index (κ3) is 3.89. The van der Waals surface area contributed by atoms with Gasteiger partial charge in [0.15, 0.2) is 0 Å². The van der Waals surface area contributed by atoms with Gasteiger partial charge in [0.25, 0.3) is 0 Å². The second kappa shape index (κ2) is 8.40. The van der Waals surface area contributed by atoms with Crippen molar-refractivity contribution in [2.24, 2.45) is 11.3 Å². The maximum atomic E-state index is 12.5. The highest BCUT2D eigenvalue weighted by molar-refractivity contribution is 5.85. The minimum Gasteiger partial charge on any atom is -0.481 e. The molecule has 26 heavy (non-hydrogen) atoms. The van der Waals surface area contributed by atoms with Gasteiger partial charge in [-0.15, -0.1) is 12.4 Å².